The van der Waals surface area contributed by atoms with Crippen molar-refractivity contribution < 1.29 is 15.0 Å². The van der Waals surface area contributed by atoms with Crippen molar-refractivity contribution in [1.82, 2.24) is 34.1 Å². The van der Waals surface area contributed by atoms with E-state index in [0.717, 1.165) is 33.7 Å². The molecule has 0 amide bonds. The minimum absolute atomic E-state index is 0.00130. The first-order valence-corrected chi connectivity index (χ1v) is 19.0. The summed E-state index contributed by atoms with van der Waals surface area (Å²) in [5.41, 5.74) is 21.2. The Balaban J connectivity index is 0.000000292. The number of carbonyl (C=O) groups excluding carboxylic acids is 1. The van der Waals surface area contributed by atoms with Crippen LogP contribution in [0.1, 0.15) is 74.1 Å². The van der Waals surface area contributed by atoms with Crippen molar-refractivity contribution >= 4 is 45.7 Å². The largest absolute Gasteiger partial charge is 0.396 e. The van der Waals surface area contributed by atoms with Gasteiger partial charge in [-0.25, -0.2) is 19.0 Å². The molecule has 5 aromatic heterocycles. The van der Waals surface area contributed by atoms with E-state index in [1.54, 1.807) is 29.2 Å². The fraction of sp³-hybridized carbons (Fsp3) is 0.395. The molecule has 0 bridgehead atoms. The van der Waals surface area contributed by atoms with E-state index >= 15 is 0 Å². The van der Waals surface area contributed by atoms with Crippen molar-refractivity contribution in [3.63, 3.8) is 0 Å². The highest BCUT2D eigenvalue weighted by Crippen LogP contribution is 2.31. The normalized spacial score (nSPS) is 10.7. The summed E-state index contributed by atoms with van der Waals surface area (Å²) in [4.78, 5) is 26.7. The molecule has 0 spiro atoms. The van der Waals surface area contributed by atoms with Gasteiger partial charge in [-0.3, -0.25) is 15.2 Å². The second-order valence-electron chi connectivity index (χ2n) is 12.8. The summed E-state index contributed by atoms with van der Waals surface area (Å²) in [5, 5.41) is 36.1. The van der Waals surface area contributed by atoms with Gasteiger partial charge < -0.3 is 37.6 Å². The Morgan fingerprint density at radius 2 is 1.53 bits per heavy atom. The van der Waals surface area contributed by atoms with Crippen LogP contribution in [0.25, 0.3) is 22.3 Å². The van der Waals surface area contributed by atoms with Crippen LogP contribution < -0.4 is 22.5 Å². The Kier molecular flexibility index (Phi) is 19.9. The lowest BCUT2D eigenvalue weighted by Gasteiger charge is -2.08. The number of hydrogen-bond acceptors (Lipinski definition) is 12. The van der Waals surface area contributed by atoms with E-state index < -0.39 is 0 Å². The second kappa shape index (κ2) is 24.0. The van der Waals surface area contributed by atoms with Crippen LogP contribution in [0.15, 0.2) is 78.3 Å². The number of carbonyl (C=O) groups is 1. The third-order valence-electron chi connectivity index (χ3n) is 7.36. The molecule has 0 unspecified atom stereocenters. The smallest absolute Gasteiger partial charge is 0.223 e. The highest BCUT2D eigenvalue weighted by atomic mass is 32.2. The first-order chi connectivity index (χ1) is 26.2. The van der Waals surface area contributed by atoms with Gasteiger partial charge in [0.2, 0.25) is 5.95 Å². The Morgan fingerprint density at radius 1 is 0.945 bits per heavy atom. The van der Waals surface area contributed by atoms with Crippen LogP contribution in [-0.2, 0) is 0 Å². The summed E-state index contributed by atoms with van der Waals surface area (Å²) >= 11 is 1.24. The third-order valence-corrected chi connectivity index (χ3v) is 7.80. The molecule has 0 saturated heterocycles. The molecule has 0 radical (unpaired) electrons. The van der Waals surface area contributed by atoms with Crippen LogP contribution in [0.3, 0.4) is 0 Å². The average Bonchev–Trinajstić information content (AvgIpc) is 3.75. The zero-order chi connectivity index (χ0) is 40.9. The quantitative estimate of drug-likeness (QED) is 0.0290. The van der Waals surface area contributed by atoms with Gasteiger partial charge in [0.05, 0.1) is 33.7 Å². The molecule has 0 aliphatic rings. The molecule has 0 fully saturated rings. The van der Waals surface area contributed by atoms with Crippen molar-refractivity contribution in [2.75, 3.05) is 52.0 Å². The third kappa shape index (κ3) is 15.0. The number of aliphatic hydroxyl groups is 2. The number of fused-ring (bicyclic) bond motifs is 2. The summed E-state index contributed by atoms with van der Waals surface area (Å²) < 4.78 is 3.66. The van der Waals surface area contributed by atoms with Gasteiger partial charge in [-0.15, -0.1) is 0 Å². The highest BCUT2D eigenvalue weighted by molar-refractivity contribution is 8.13. The number of rotatable bonds is 13. The van der Waals surface area contributed by atoms with Crippen LogP contribution in [0.5, 0.6) is 0 Å². The number of aliphatic imine (C=N–C) groups is 1. The number of allylic oxidation sites excluding steroid dienone is 1. The lowest BCUT2D eigenvalue weighted by atomic mass is 10.0. The van der Waals surface area contributed by atoms with Crippen molar-refractivity contribution in [3.8, 4) is 11.3 Å². The first-order valence-electron chi connectivity index (χ1n) is 17.8. The zero-order valence-electron chi connectivity index (χ0n) is 32.8. The van der Waals surface area contributed by atoms with Crippen LogP contribution >= 0.6 is 11.8 Å². The van der Waals surface area contributed by atoms with E-state index in [1.165, 1.54) is 11.8 Å². The predicted octanol–water partition coefficient (Wildman–Crippen LogP) is 4.31. The van der Waals surface area contributed by atoms with E-state index in [4.69, 9.17) is 37.9 Å². The number of thioether (sulfide) groups is 1. The van der Waals surface area contributed by atoms with E-state index in [1.807, 2.05) is 86.2 Å². The molecular weight excluding hydrogens is 719 g/mol. The molecule has 0 aliphatic heterocycles. The number of guanidine groups is 1. The lowest BCUT2D eigenvalue weighted by Crippen LogP contribution is -2.23. The molecule has 298 valence electrons. The van der Waals surface area contributed by atoms with E-state index in [2.05, 4.69) is 45.3 Å². The fourth-order valence-corrected chi connectivity index (χ4v) is 4.80. The van der Waals surface area contributed by atoms with Gasteiger partial charge in [0.1, 0.15) is 0 Å². The maximum Gasteiger partial charge on any atom is 0.223 e. The van der Waals surface area contributed by atoms with Crippen LogP contribution in [-0.4, -0.2) is 108 Å². The summed E-state index contributed by atoms with van der Waals surface area (Å²) in [6, 6.07) is 13.7. The average molecular weight is 776 g/mol. The molecule has 0 atom stereocenters. The standard InChI is InChI=1S/C17H21N5O.C15H19N3O.C4H11N3O.C2H6N2S/c1-12(2)16-15(14-6-3-4-10-22(14)21-16)13-7-9-19-17(20-13)18-8-5-11-23;1-11(2)15-14(13(19)8-10-17(3)4)12-7-5-6-9-18(12)16-15;5-4(6)7-2-1-3-8;1-5-2(3)4/h3-4,6-7,9-10,12,23H,5,8,11H2,1-2H3,(H,18,19,20);5-11H,1-4H3;8H,1-3H2,(H4,5,6,7);1H3,(H3,3,4). The van der Waals surface area contributed by atoms with Gasteiger partial charge in [-0.1, -0.05) is 51.6 Å². The number of aliphatic hydroxyl groups excluding tert-OH is 2. The zero-order valence-corrected chi connectivity index (χ0v) is 33.7. The fourth-order valence-electron chi connectivity index (χ4n) is 4.80. The molecule has 5 aromatic rings. The monoisotopic (exact) mass is 775 g/mol. The first kappa shape index (κ1) is 45.6. The number of amidine groups is 1. The van der Waals surface area contributed by atoms with Gasteiger partial charge in [-0.05, 0) is 61.3 Å². The number of hydrogen-bond donors (Lipinski definition) is 7. The Labute approximate surface area is 327 Å². The molecule has 0 saturated carbocycles. The maximum absolute atomic E-state index is 12.4. The Morgan fingerprint density at radius 3 is 2.07 bits per heavy atom. The summed E-state index contributed by atoms with van der Waals surface area (Å²) in [6.07, 6.45) is 12.0. The Bertz CT molecular complexity index is 1980. The number of anilines is 1. The van der Waals surface area contributed by atoms with Gasteiger partial charge in [0.25, 0.3) is 0 Å². The summed E-state index contributed by atoms with van der Waals surface area (Å²) in [6.45, 7) is 9.81. The minimum Gasteiger partial charge on any atom is -0.396 e. The van der Waals surface area contributed by atoms with Crippen molar-refractivity contribution in [2.45, 2.75) is 52.4 Å². The molecule has 5 rings (SSSR count). The number of nitrogens with one attached hydrogen (secondary N) is 2. The van der Waals surface area contributed by atoms with Crippen LogP contribution in [0.4, 0.5) is 5.95 Å². The van der Waals surface area contributed by atoms with E-state index in [9.17, 15) is 4.79 Å². The molecule has 10 N–H and O–H groups in total. The van der Waals surface area contributed by atoms with Gasteiger partial charge >= 0.3 is 0 Å². The lowest BCUT2D eigenvalue weighted by molar-refractivity contribution is 0.104. The predicted molar refractivity (Wildman–Crippen MR) is 225 cm³/mol. The number of pyridine rings is 2. The van der Waals surface area contributed by atoms with Gasteiger partial charge in [-0.2, -0.15) is 10.2 Å². The van der Waals surface area contributed by atoms with Crippen LogP contribution in [0.2, 0.25) is 0 Å². The maximum atomic E-state index is 12.4. The number of aromatic nitrogens is 6. The highest BCUT2D eigenvalue weighted by Gasteiger charge is 2.20. The van der Waals surface area contributed by atoms with Gasteiger partial charge in [0, 0.05) is 76.8 Å². The van der Waals surface area contributed by atoms with Crippen molar-refractivity contribution in [3.05, 3.63) is 90.3 Å². The number of nitrogens with zero attached hydrogens (tertiary/aromatic N) is 8. The van der Waals surface area contributed by atoms with Crippen molar-refractivity contribution in [2.24, 2.45) is 22.2 Å². The molecule has 0 aromatic carbocycles. The summed E-state index contributed by atoms with van der Waals surface area (Å²) in [5.74, 6) is 1.16. The molecule has 5 heterocycles. The number of nitrogens with two attached hydrogens (primary N) is 3. The number of ketones is 1. The van der Waals surface area contributed by atoms with E-state index in [0.29, 0.717) is 43.4 Å². The molecule has 16 nitrogen and oxygen atoms in total. The van der Waals surface area contributed by atoms with Crippen LogP contribution in [0, 0.1) is 5.41 Å². The molecular formula is C38H57N13O3S. The topological polar surface area (TPSA) is 247 Å². The summed E-state index contributed by atoms with van der Waals surface area (Å²) in [7, 11) is 3.78. The van der Waals surface area contributed by atoms with E-state index in [-0.39, 0.29) is 36.0 Å². The molecule has 0 aliphatic carbocycles. The SMILES string of the molecule is CC(C)c1nn2ccccc2c1-c1ccnc(NCCCO)n1.CC(C)c1nn2ccccc2c1C(=O)C=CN(C)C.CSC(=N)N.NC(N)=NCCCO. The Hall–Kier alpha value is -5.52. The van der Waals surface area contributed by atoms with Gasteiger partial charge in [0.15, 0.2) is 16.9 Å². The molecule has 17 heteroatoms. The molecule has 55 heavy (non-hydrogen) atoms. The minimum atomic E-state index is -0.00130. The second-order valence-corrected chi connectivity index (χ2v) is 13.6. The van der Waals surface area contributed by atoms with Crippen molar-refractivity contribution in [1.29, 1.82) is 5.41 Å².